The molecule has 0 aliphatic heterocycles. The number of hydrogen-bond acceptors (Lipinski definition) is 4. The van der Waals surface area contributed by atoms with E-state index in [1.807, 2.05) is 45.0 Å². The van der Waals surface area contributed by atoms with E-state index in [-0.39, 0.29) is 0 Å². The molecule has 1 aromatic rings. The zero-order valence-electron chi connectivity index (χ0n) is 13.8. The Kier molecular flexibility index (Phi) is 7.18. The van der Waals surface area contributed by atoms with Crippen LogP contribution < -0.4 is 21.1 Å². The smallest absolute Gasteiger partial charge is 0.407 e. The van der Waals surface area contributed by atoms with Crippen LogP contribution >= 0.6 is 0 Å². The molecular weight excluding hydrogens is 298 g/mol. The van der Waals surface area contributed by atoms with Crippen LogP contribution in [-0.2, 0) is 11.3 Å². The fraction of sp³-hybridized carbons (Fsp3) is 0.500. The number of urea groups is 1. The highest BCUT2D eigenvalue weighted by molar-refractivity contribution is 5.71. The molecule has 4 N–H and O–H groups in total. The maximum Gasteiger partial charge on any atom is 0.407 e. The Balaban J connectivity index is 2.31. The van der Waals surface area contributed by atoms with Crippen LogP contribution in [0.4, 0.5) is 9.59 Å². The Morgan fingerprint density at radius 3 is 2.52 bits per heavy atom. The van der Waals surface area contributed by atoms with E-state index < -0.39 is 17.7 Å². The Labute approximate surface area is 136 Å². The van der Waals surface area contributed by atoms with Crippen LogP contribution in [0.3, 0.4) is 0 Å². The molecule has 128 valence electrons. The largest absolute Gasteiger partial charge is 0.493 e. The molecule has 0 unspecified atom stereocenters. The molecule has 0 heterocycles. The van der Waals surface area contributed by atoms with E-state index in [4.69, 9.17) is 15.2 Å². The van der Waals surface area contributed by atoms with Crippen molar-refractivity contribution in [2.24, 2.45) is 5.73 Å². The molecule has 3 amide bonds. The molecule has 7 nitrogen and oxygen atoms in total. The Bertz CT molecular complexity index is 526. The molecule has 0 bridgehead atoms. The van der Waals surface area contributed by atoms with Gasteiger partial charge in [0, 0.05) is 18.7 Å². The minimum atomic E-state index is -0.582. The van der Waals surface area contributed by atoms with Crippen LogP contribution in [0.15, 0.2) is 24.3 Å². The van der Waals surface area contributed by atoms with Crippen molar-refractivity contribution in [3.63, 3.8) is 0 Å². The number of para-hydroxylation sites is 1. The van der Waals surface area contributed by atoms with Crippen LogP contribution in [0.25, 0.3) is 0 Å². The lowest BCUT2D eigenvalue weighted by Gasteiger charge is -2.19. The highest BCUT2D eigenvalue weighted by Crippen LogP contribution is 2.17. The average Bonchev–Trinajstić information content (AvgIpc) is 2.43. The standard InChI is InChI=1S/C16H25N3O4/c1-16(2,3)23-15(21)18-9-6-10-22-13-8-5-4-7-12(13)11-19-14(17)20/h4-5,7-8H,6,9-11H2,1-3H3,(H,18,21)(H3,17,19,20). The highest BCUT2D eigenvalue weighted by atomic mass is 16.6. The molecule has 0 atom stereocenters. The van der Waals surface area contributed by atoms with Gasteiger partial charge in [0.05, 0.1) is 6.61 Å². The van der Waals surface area contributed by atoms with Gasteiger partial charge in [-0.1, -0.05) is 18.2 Å². The first-order chi connectivity index (χ1) is 10.8. The fourth-order valence-corrected chi connectivity index (χ4v) is 1.73. The van der Waals surface area contributed by atoms with E-state index in [2.05, 4.69) is 10.6 Å². The minimum Gasteiger partial charge on any atom is -0.493 e. The molecule has 0 aromatic heterocycles. The number of carbonyl (C=O) groups is 2. The molecular formula is C16H25N3O4. The lowest BCUT2D eigenvalue weighted by atomic mass is 10.2. The Morgan fingerprint density at radius 1 is 1.17 bits per heavy atom. The molecule has 23 heavy (non-hydrogen) atoms. The lowest BCUT2D eigenvalue weighted by molar-refractivity contribution is 0.0525. The quantitative estimate of drug-likeness (QED) is 0.669. The number of rotatable bonds is 7. The molecule has 0 radical (unpaired) electrons. The number of primary amides is 1. The fourth-order valence-electron chi connectivity index (χ4n) is 1.73. The summed E-state index contributed by atoms with van der Waals surface area (Å²) in [5, 5.41) is 5.19. The van der Waals surface area contributed by atoms with Crippen molar-refractivity contribution in [3.05, 3.63) is 29.8 Å². The first-order valence-corrected chi connectivity index (χ1v) is 7.49. The summed E-state index contributed by atoms with van der Waals surface area (Å²) in [6.45, 7) is 6.63. The summed E-state index contributed by atoms with van der Waals surface area (Å²) in [7, 11) is 0. The molecule has 0 saturated heterocycles. The van der Waals surface area contributed by atoms with Gasteiger partial charge in [-0.05, 0) is 33.3 Å². The van der Waals surface area contributed by atoms with Gasteiger partial charge < -0.3 is 25.8 Å². The summed E-state index contributed by atoms with van der Waals surface area (Å²) < 4.78 is 10.8. The van der Waals surface area contributed by atoms with Gasteiger partial charge in [0.1, 0.15) is 11.4 Å². The van der Waals surface area contributed by atoms with Crippen LogP contribution in [-0.4, -0.2) is 30.9 Å². The SMILES string of the molecule is CC(C)(C)OC(=O)NCCCOc1ccccc1CNC(N)=O. The summed E-state index contributed by atoms with van der Waals surface area (Å²) in [5.41, 5.74) is 5.39. The van der Waals surface area contributed by atoms with E-state index in [0.717, 1.165) is 5.56 Å². The van der Waals surface area contributed by atoms with Gasteiger partial charge in [-0.2, -0.15) is 0 Å². The summed E-state index contributed by atoms with van der Waals surface area (Å²) in [5.74, 6) is 0.679. The number of alkyl carbamates (subject to hydrolysis) is 1. The van der Waals surface area contributed by atoms with Crippen LogP contribution in [0, 0.1) is 0 Å². The third-order valence-electron chi connectivity index (χ3n) is 2.67. The van der Waals surface area contributed by atoms with Gasteiger partial charge in [0.15, 0.2) is 0 Å². The molecule has 1 aromatic carbocycles. The minimum absolute atomic E-state index is 0.307. The monoisotopic (exact) mass is 323 g/mol. The Hall–Kier alpha value is -2.44. The summed E-state index contributed by atoms with van der Waals surface area (Å²) in [4.78, 5) is 22.2. The van der Waals surface area contributed by atoms with Crippen molar-refractivity contribution in [3.8, 4) is 5.75 Å². The first-order valence-electron chi connectivity index (χ1n) is 7.49. The number of carbonyl (C=O) groups excluding carboxylic acids is 2. The van der Waals surface area contributed by atoms with Crippen LogP contribution in [0.1, 0.15) is 32.8 Å². The summed E-state index contributed by atoms with van der Waals surface area (Å²) in [6, 6.07) is 6.79. The van der Waals surface area contributed by atoms with E-state index in [1.54, 1.807) is 0 Å². The van der Waals surface area contributed by atoms with E-state index in [1.165, 1.54) is 0 Å². The molecule has 0 aliphatic carbocycles. The van der Waals surface area contributed by atoms with Crippen molar-refractivity contribution in [2.45, 2.75) is 39.3 Å². The number of amides is 3. The van der Waals surface area contributed by atoms with Crippen LogP contribution in [0.5, 0.6) is 5.75 Å². The second-order valence-corrected chi connectivity index (χ2v) is 5.96. The number of hydrogen-bond donors (Lipinski definition) is 3. The third kappa shape index (κ3) is 8.55. The number of nitrogens with two attached hydrogens (primary N) is 1. The van der Waals surface area contributed by atoms with Crippen molar-refractivity contribution in [1.82, 2.24) is 10.6 Å². The van der Waals surface area contributed by atoms with Crippen molar-refractivity contribution < 1.29 is 19.1 Å². The van der Waals surface area contributed by atoms with Crippen molar-refractivity contribution >= 4 is 12.1 Å². The predicted octanol–water partition coefficient (Wildman–Crippen LogP) is 2.15. The lowest BCUT2D eigenvalue weighted by Crippen LogP contribution is -2.33. The second-order valence-electron chi connectivity index (χ2n) is 5.96. The van der Waals surface area contributed by atoms with Gasteiger partial charge in [0.25, 0.3) is 0 Å². The summed E-state index contributed by atoms with van der Waals surface area (Å²) in [6.07, 6.45) is 0.195. The second kappa shape index (κ2) is 8.87. The number of nitrogens with one attached hydrogen (secondary N) is 2. The molecule has 0 saturated carbocycles. The normalized spacial score (nSPS) is 10.7. The topological polar surface area (TPSA) is 103 Å². The maximum atomic E-state index is 11.5. The van der Waals surface area contributed by atoms with Gasteiger partial charge in [-0.15, -0.1) is 0 Å². The van der Waals surface area contributed by atoms with Crippen molar-refractivity contribution in [1.29, 1.82) is 0 Å². The maximum absolute atomic E-state index is 11.5. The average molecular weight is 323 g/mol. The van der Waals surface area contributed by atoms with Gasteiger partial charge in [-0.25, -0.2) is 9.59 Å². The van der Waals surface area contributed by atoms with Crippen molar-refractivity contribution in [2.75, 3.05) is 13.2 Å². The predicted molar refractivity (Wildman–Crippen MR) is 87.2 cm³/mol. The van der Waals surface area contributed by atoms with E-state index >= 15 is 0 Å². The summed E-state index contributed by atoms with van der Waals surface area (Å²) >= 11 is 0. The van der Waals surface area contributed by atoms with Gasteiger partial charge in [-0.3, -0.25) is 0 Å². The zero-order valence-corrected chi connectivity index (χ0v) is 13.8. The molecule has 0 spiro atoms. The highest BCUT2D eigenvalue weighted by Gasteiger charge is 2.15. The molecule has 0 aliphatic rings. The zero-order chi connectivity index (χ0) is 17.3. The van der Waals surface area contributed by atoms with Crippen LogP contribution in [0.2, 0.25) is 0 Å². The number of benzene rings is 1. The van der Waals surface area contributed by atoms with E-state index in [9.17, 15) is 9.59 Å². The number of ether oxygens (including phenoxy) is 2. The van der Waals surface area contributed by atoms with Gasteiger partial charge >= 0.3 is 12.1 Å². The Morgan fingerprint density at radius 2 is 1.87 bits per heavy atom. The third-order valence-corrected chi connectivity index (χ3v) is 2.67. The molecule has 7 heteroatoms. The molecule has 0 fully saturated rings. The molecule has 1 rings (SSSR count). The van der Waals surface area contributed by atoms with Gasteiger partial charge in [0.2, 0.25) is 0 Å². The first kappa shape index (κ1) is 18.6. The van der Waals surface area contributed by atoms with E-state index in [0.29, 0.717) is 31.9 Å².